The van der Waals surface area contributed by atoms with Crippen LogP contribution in [-0.2, 0) is 28.7 Å². The Kier molecular flexibility index (Phi) is 10.8. The molecule has 0 spiro atoms. The summed E-state index contributed by atoms with van der Waals surface area (Å²) in [6, 6.07) is 0. The lowest BCUT2D eigenvalue weighted by molar-refractivity contribution is -0.161. The second-order valence-corrected chi connectivity index (χ2v) is 11.7. The van der Waals surface area contributed by atoms with Crippen molar-refractivity contribution in [1.29, 1.82) is 0 Å². The third kappa shape index (κ3) is 9.70. The Balaban J connectivity index is 4.85. The molecule has 0 aliphatic rings. The van der Waals surface area contributed by atoms with Crippen molar-refractivity contribution < 1.29 is 38.9 Å². The Hall–Kier alpha value is -1.26. The number of aliphatic carboxylic acids is 2. The second-order valence-electron chi connectivity index (χ2n) is 10.5. The molecule has 0 aromatic carbocycles. The summed E-state index contributed by atoms with van der Waals surface area (Å²) in [5.41, 5.74) is -4.37. The molecule has 0 heterocycles. The molecular formula is C22H38O8S2. The third-order valence-corrected chi connectivity index (χ3v) is 6.09. The first-order valence-corrected chi connectivity index (χ1v) is 11.4. The van der Waals surface area contributed by atoms with Gasteiger partial charge < -0.3 is 19.7 Å². The van der Waals surface area contributed by atoms with Crippen molar-refractivity contribution in [2.75, 3.05) is 6.61 Å². The average Bonchev–Trinajstić information content (AvgIpc) is 2.58. The van der Waals surface area contributed by atoms with Gasteiger partial charge in [0, 0.05) is 6.42 Å². The minimum atomic E-state index is -1.21. The molecule has 0 saturated carbocycles. The van der Waals surface area contributed by atoms with Crippen molar-refractivity contribution in [3.05, 3.63) is 0 Å². The fraction of sp³-hybridized carbons (Fsp3) is 0.818. The number of hydrogen-bond donors (Lipinski definition) is 4. The van der Waals surface area contributed by atoms with Gasteiger partial charge in [-0.15, -0.1) is 0 Å². The number of carboxylic acid groups (broad SMARTS) is 2. The number of carbonyl (C=O) groups is 4. The van der Waals surface area contributed by atoms with Crippen molar-refractivity contribution in [2.45, 2.75) is 96.4 Å². The van der Waals surface area contributed by atoms with E-state index >= 15 is 0 Å². The number of ether oxygens (including phenoxy) is 2. The lowest BCUT2D eigenvalue weighted by atomic mass is 9.84. The van der Waals surface area contributed by atoms with Gasteiger partial charge in [-0.2, -0.15) is 25.3 Å². The molecular weight excluding hydrogens is 456 g/mol. The zero-order chi connectivity index (χ0) is 25.7. The van der Waals surface area contributed by atoms with Gasteiger partial charge in [0.05, 0.1) is 22.7 Å². The summed E-state index contributed by atoms with van der Waals surface area (Å²) in [6.07, 6.45) is 0.334. The first-order valence-electron chi connectivity index (χ1n) is 10.4. The summed E-state index contributed by atoms with van der Waals surface area (Å²) in [5, 5.41) is 16.7. The van der Waals surface area contributed by atoms with E-state index in [1.165, 1.54) is 27.7 Å². The third-order valence-electron chi connectivity index (χ3n) is 5.28. The number of hydrogen-bond acceptors (Lipinski definition) is 8. The van der Waals surface area contributed by atoms with Crippen molar-refractivity contribution in [3.63, 3.8) is 0 Å². The molecule has 0 aliphatic heterocycles. The maximum Gasteiger partial charge on any atom is 0.319 e. The van der Waals surface area contributed by atoms with Crippen molar-refractivity contribution in [3.8, 4) is 0 Å². The molecule has 0 bridgehead atoms. The van der Waals surface area contributed by atoms with E-state index in [0.29, 0.717) is 0 Å². The highest BCUT2D eigenvalue weighted by molar-refractivity contribution is 7.82. The molecule has 2 N–H and O–H groups in total. The van der Waals surface area contributed by atoms with E-state index in [0.717, 1.165) is 0 Å². The Labute approximate surface area is 201 Å². The summed E-state index contributed by atoms with van der Waals surface area (Å²) in [5.74, 6) is -3.01. The number of rotatable bonds is 14. The molecule has 186 valence electrons. The van der Waals surface area contributed by atoms with Crippen LogP contribution in [0.25, 0.3) is 0 Å². The van der Waals surface area contributed by atoms with E-state index in [4.69, 9.17) is 9.47 Å². The van der Waals surface area contributed by atoms with Crippen LogP contribution in [0.1, 0.15) is 74.7 Å². The summed E-state index contributed by atoms with van der Waals surface area (Å²) < 4.78 is 11.2. The minimum Gasteiger partial charge on any atom is -0.481 e. The Morgan fingerprint density at radius 2 is 1.19 bits per heavy atom. The standard InChI is InChI=1S/C22H38O8S2/c1-19(2,17(25)26)11-13(31)15(23)22(7,8)29-10-9-21(5,6)30-16(24)14(32)12-20(3,4)18(27)28/h13-14,31-32H,9-12H2,1-8H3,(H,25,26)(H,27,28). The van der Waals surface area contributed by atoms with Crippen molar-refractivity contribution >= 4 is 48.9 Å². The van der Waals surface area contributed by atoms with Crippen LogP contribution in [0.5, 0.6) is 0 Å². The molecule has 0 rings (SSSR count). The predicted octanol–water partition coefficient (Wildman–Crippen LogP) is 3.66. The largest absolute Gasteiger partial charge is 0.481 e. The number of ketones is 1. The van der Waals surface area contributed by atoms with Gasteiger partial charge in [0.2, 0.25) is 0 Å². The zero-order valence-electron chi connectivity index (χ0n) is 20.2. The van der Waals surface area contributed by atoms with Crippen molar-refractivity contribution in [1.82, 2.24) is 0 Å². The molecule has 10 heteroatoms. The molecule has 0 radical (unpaired) electrons. The van der Waals surface area contributed by atoms with Gasteiger partial charge in [0.25, 0.3) is 0 Å². The van der Waals surface area contributed by atoms with Crippen LogP contribution in [0.3, 0.4) is 0 Å². The van der Waals surface area contributed by atoms with E-state index in [2.05, 4.69) is 25.3 Å². The van der Waals surface area contributed by atoms with E-state index in [-0.39, 0.29) is 31.7 Å². The van der Waals surface area contributed by atoms with Gasteiger partial charge in [-0.05, 0) is 68.2 Å². The van der Waals surface area contributed by atoms with Gasteiger partial charge >= 0.3 is 17.9 Å². The number of Topliss-reactive ketones (excluding diaryl/α,β-unsaturated/α-hetero) is 1. The van der Waals surface area contributed by atoms with Gasteiger partial charge in [0.1, 0.15) is 16.5 Å². The zero-order valence-corrected chi connectivity index (χ0v) is 22.0. The van der Waals surface area contributed by atoms with Gasteiger partial charge in [-0.25, -0.2) is 0 Å². The first kappa shape index (κ1) is 30.7. The topological polar surface area (TPSA) is 127 Å². The molecule has 0 aromatic rings. The maximum atomic E-state index is 12.7. The van der Waals surface area contributed by atoms with Crippen LogP contribution < -0.4 is 0 Å². The Bertz CT molecular complexity index is 713. The smallest absolute Gasteiger partial charge is 0.319 e. The molecule has 0 aromatic heterocycles. The van der Waals surface area contributed by atoms with E-state index in [1.807, 2.05) is 0 Å². The molecule has 2 unspecified atom stereocenters. The van der Waals surface area contributed by atoms with Crippen LogP contribution in [0.4, 0.5) is 0 Å². The SMILES string of the molecule is CC(C)(CCOC(C)(C)C(=O)C(S)CC(C)(C)C(=O)O)OC(=O)C(S)CC(C)(C)C(=O)O. The van der Waals surface area contributed by atoms with Crippen LogP contribution in [-0.4, -0.2) is 62.2 Å². The van der Waals surface area contributed by atoms with Crippen LogP contribution in [0, 0.1) is 10.8 Å². The highest BCUT2D eigenvalue weighted by atomic mass is 32.1. The quantitative estimate of drug-likeness (QED) is 0.213. The maximum absolute atomic E-state index is 12.7. The summed E-state index contributed by atoms with van der Waals surface area (Å²) >= 11 is 8.48. The van der Waals surface area contributed by atoms with Crippen LogP contribution >= 0.6 is 25.3 Å². The molecule has 0 amide bonds. The number of esters is 1. The van der Waals surface area contributed by atoms with E-state index in [1.54, 1.807) is 27.7 Å². The predicted molar refractivity (Wildman–Crippen MR) is 127 cm³/mol. The number of carbonyl (C=O) groups excluding carboxylic acids is 2. The van der Waals surface area contributed by atoms with Crippen LogP contribution in [0.15, 0.2) is 0 Å². The second kappa shape index (κ2) is 11.2. The first-order chi connectivity index (χ1) is 14.1. The normalized spacial score (nSPS) is 15.1. The molecule has 8 nitrogen and oxygen atoms in total. The molecule has 0 aliphatic carbocycles. The lowest BCUT2D eigenvalue weighted by Gasteiger charge is -2.32. The van der Waals surface area contributed by atoms with E-state index < -0.39 is 50.4 Å². The van der Waals surface area contributed by atoms with Gasteiger partial charge in [0.15, 0.2) is 5.78 Å². The molecule has 2 atom stereocenters. The fourth-order valence-corrected chi connectivity index (χ4v) is 4.01. The van der Waals surface area contributed by atoms with Gasteiger partial charge in [-0.3, -0.25) is 19.2 Å². The Morgan fingerprint density at radius 3 is 1.59 bits per heavy atom. The highest BCUT2D eigenvalue weighted by Gasteiger charge is 2.39. The van der Waals surface area contributed by atoms with Crippen LogP contribution in [0.2, 0.25) is 0 Å². The molecule has 32 heavy (non-hydrogen) atoms. The Morgan fingerprint density at radius 1 is 0.781 bits per heavy atom. The molecule has 0 saturated heterocycles. The molecule has 0 fully saturated rings. The average molecular weight is 495 g/mol. The van der Waals surface area contributed by atoms with E-state index in [9.17, 15) is 29.4 Å². The lowest BCUT2D eigenvalue weighted by Crippen LogP contribution is -2.44. The number of carboxylic acids is 2. The summed E-state index contributed by atoms with van der Waals surface area (Å²) in [7, 11) is 0. The minimum absolute atomic E-state index is 0.00835. The van der Waals surface area contributed by atoms with Gasteiger partial charge in [-0.1, -0.05) is 0 Å². The summed E-state index contributed by atoms with van der Waals surface area (Å²) in [4.78, 5) is 47.7. The monoisotopic (exact) mass is 494 g/mol. The summed E-state index contributed by atoms with van der Waals surface area (Å²) in [6.45, 7) is 12.7. The fourth-order valence-electron chi connectivity index (χ4n) is 2.73. The number of thiol groups is 2. The van der Waals surface area contributed by atoms with Crippen molar-refractivity contribution in [2.24, 2.45) is 10.8 Å². The highest BCUT2D eigenvalue weighted by Crippen LogP contribution is 2.30.